The molecule has 0 fully saturated rings. The molecule has 4 N–H and O–H groups in total. The predicted molar refractivity (Wildman–Crippen MR) is 177 cm³/mol. The van der Waals surface area contributed by atoms with Gasteiger partial charge in [0, 0.05) is 21.5 Å². The zero-order valence-corrected chi connectivity index (χ0v) is 25.9. The van der Waals surface area contributed by atoms with Gasteiger partial charge in [0.2, 0.25) is 5.91 Å². The summed E-state index contributed by atoms with van der Waals surface area (Å²) in [4.78, 5) is 55.0. The van der Waals surface area contributed by atoms with Crippen LogP contribution in [0.3, 0.4) is 0 Å². The lowest BCUT2D eigenvalue weighted by Crippen LogP contribution is -2.19. The van der Waals surface area contributed by atoms with E-state index in [-0.39, 0.29) is 17.0 Å². The molecule has 46 heavy (non-hydrogen) atoms. The van der Waals surface area contributed by atoms with E-state index in [1.165, 1.54) is 29.2 Å². The van der Waals surface area contributed by atoms with E-state index in [2.05, 4.69) is 15.6 Å². The predicted octanol–water partition coefficient (Wildman–Crippen LogP) is 7.33. The molecule has 2 amide bonds. The molecule has 0 saturated heterocycles. The Bertz CT molecular complexity index is 1890. The van der Waals surface area contributed by atoms with Crippen molar-refractivity contribution in [1.82, 2.24) is 4.98 Å². The number of nitrogens with one attached hydrogen (secondary N) is 2. The Morgan fingerprint density at radius 2 is 1.61 bits per heavy atom. The van der Waals surface area contributed by atoms with Crippen molar-refractivity contribution < 1.29 is 34.1 Å². The van der Waals surface area contributed by atoms with Crippen LogP contribution in [0.1, 0.15) is 48.8 Å². The van der Waals surface area contributed by atoms with Gasteiger partial charge in [-0.25, -0.2) is 14.6 Å². The lowest BCUT2D eigenvalue weighted by molar-refractivity contribution is -0.115. The number of anilines is 2. The second kappa shape index (κ2) is 14.5. The molecule has 1 atom stereocenters. The molecule has 0 aliphatic heterocycles. The largest absolute Gasteiger partial charge is 0.494 e. The maximum atomic E-state index is 13.7. The first-order chi connectivity index (χ1) is 22.2. The van der Waals surface area contributed by atoms with Crippen molar-refractivity contribution in [2.45, 2.75) is 17.1 Å². The van der Waals surface area contributed by atoms with E-state index in [1.807, 2.05) is 66.9 Å². The molecule has 0 aliphatic rings. The average Bonchev–Trinajstić information content (AvgIpc) is 3.52. The minimum Gasteiger partial charge on any atom is -0.494 e. The number of nitrogens with zero attached hydrogens (tertiary/aromatic N) is 1. The highest BCUT2D eigenvalue weighted by Crippen LogP contribution is 2.38. The number of thioether (sulfide) groups is 1. The Morgan fingerprint density at radius 1 is 0.848 bits per heavy atom. The number of carboxylic acids is 2. The van der Waals surface area contributed by atoms with E-state index in [9.17, 15) is 29.4 Å². The van der Waals surface area contributed by atoms with Gasteiger partial charge < -0.3 is 25.6 Å². The highest BCUT2D eigenvalue weighted by Gasteiger charge is 2.24. The van der Waals surface area contributed by atoms with Gasteiger partial charge in [-0.3, -0.25) is 9.59 Å². The standard InChI is InChI=1S/C34H27N3O7S2/c1-2-44-24-14-11-20(12-15-24)28-19-45-34(36-28)37-31(39)29(21-7-4-3-5-8-21)46-25-10-6-9-23(18-25)35-30(38)26-16-13-22(32(40)41)17-27(26)33(42)43/h3-19,29H,2H2,1H3,(H,35,38)(H,40,41)(H,42,43)(H,36,37,39). The summed E-state index contributed by atoms with van der Waals surface area (Å²) in [6.07, 6.45) is 0. The van der Waals surface area contributed by atoms with Crippen LogP contribution < -0.4 is 15.4 Å². The van der Waals surface area contributed by atoms with E-state index in [0.717, 1.165) is 34.7 Å². The molecule has 10 nitrogen and oxygen atoms in total. The fourth-order valence-electron chi connectivity index (χ4n) is 4.46. The molecule has 1 aromatic heterocycles. The zero-order chi connectivity index (χ0) is 32.6. The van der Waals surface area contributed by atoms with E-state index >= 15 is 0 Å². The maximum Gasteiger partial charge on any atom is 0.336 e. The number of carboxylic acid groups (broad SMARTS) is 2. The molecule has 0 saturated carbocycles. The van der Waals surface area contributed by atoms with Crippen LogP contribution in [0.15, 0.2) is 107 Å². The fraction of sp³-hybridized carbons (Fsp3) is 0.0882. The van der Waals surface area contributed by atoms with Crippen molar-refractivity contribution in [2.24, 2.45) is 0 Å². The van der Waals surface area contributed by atoms with E-state index in [0.29, 0.717) is 22.3 Å². The highest BCUT2D eigenvalue weighted by molar-refractivity contribution is 8.00. The highest BCUT2D eigenvalue weighted by atomic mass is 32.2. The number of carbonyl (C=O) groups excluding carboxylic acids is 2. The molecule has 0 spiro atoms. The van der Waals surface area contributed by atoms with Crippen molar-refractivity contribution in [3.63, 3.8) is 0 Å². The molecular weight excluding hydrogens is 627 g/mol. The third-order valence-corrected chi connectivity index (χ3v) is 8.63. The lowest BCUT2D eigenvalue weighted by atomic mass is 10.0. The zero-order valence-electron chi connectivity index (χ0n) is 24.3. The van der Waals surface area contributed by atoms with Crippen LogP contribution >= 0.6 is 23.1 Å². The number of carbonyl (C=O) groups is 4. The summed E-state index contributed by atoms with van der Waals surface area (Å²) < 4.78 is 5.51. The van der Waals surface area contributed by atoms with E-state index < -0.39 is 28.7 Å². The number of aromatic nitrogens is 1. The number of rotatable bonds is 12. The maximum absolute atomic E-state index is 13.7. The summed E-state index contributed by atoms with van der Waals surface area (Å²) >= 11 is 2.58. The van der Waals surface area contributed by atoms with Gasteiger partial charge in [-0.1, -0.05) is 36.4 Å². The van der Waals surface area contributed by atoms with Crippen LogP contribution in [0.2, 0.25) is 0 Å². The van der Waals surface area contributed by atoms with Gasteiger partial charge in [-0.05, 0) is 73.2 Å². The first-order valence-electron chi connectivity index (χ1n) is 13.9. The molecule has 4 aromatic carbocycles. The summed E-state index contributed by atoms with van der Waals surface area (Å²) in [6.45, 7) is 2.49. The van der Waals surface area contributed by atoms with Crippen LogP contribution in [-0.4, -0.2) is 45.6 Å². The minimum atomic E-state index is -1.43. The molecule has 12 heteroatoms. The molecule has 0 aliphatic carbocycles. The van der Waals surface area contributed by atoms with Crippen LogP contribution in [-0.2, 0) is 4.79 Å². The quantitative estimate of drug-likeness (QED) is 0.101. The Kier molecular flexibility index (Phi) is 10.1. The van der Waals surface area contributed by atoms with Gasteiger partial charge in [-0.2, -0.15) is 0 Å². The number of aromatic carboxylic acids is 2. The summed E-state index contributed by atoms with van der Waals surface area (Å²) in [5.41, 5.74) is 1.86. The van der Waals surface area contributed by atoms with Gasteiger partial charge >= 0.3 is 11.9 Å². The number of benzene rings is 4. The summed E-state index contributed by atoms with van der Waals surface area (Å²) in [6, 6.07) is 26.9. The second-order valence-corrected chi connectivity index (χ2v) is 11.8. The first kappa shape index (κ1) is 31.9. The molecule has 232 valence electrons. The molecule has 5 rings (SSSR count). The van der Waals surface area contributed by atoms with Gasteiger partial charge in [0.15, 0.2) is 5.13 Å². The Morgan fingerprint density at radius 3 is 2.30 bits per heavy atom. The third kappa shape index (κ3) is 7.78. The average molecular weight is 654 g/mol. The van der Waals surface area contributed by atoms with Crippen molar-refractivity contribution in [3.05, 3.63) is 125 Å². The van der Waals surface area contributed by atoms with E-state index in [4.69, 9.17) is 4.74 Å². The van der Waals surface area contributed by atoms with Crippen LogP contribution in [0.5, 0.6) is 5.75 Å². The number of hydrogen-bond acceptors (Lipinski definition) is 8. The van der Waals surface area contributed by atoms with Gasteiger partial charge in [0.05, 0.1) is 29.0 Å². The Balaban J connectivity index is 1.33. The van der Waals surface area contributed by atoms with Crippen molar-refractivity contribution in [2.75, 3.05) is 17.2 Å². The third-order valence-electron chi connectivity index (χ3n) is 6.62. The van der Waals surface area contributed by atoms with Crippen LogP contribution in [0.25, 0.3) is 11.3 Å². The molecular formula is C34H27N3O7S2. The molecule has 5 aromatic rings. The normalized spacial score (nSPS) is 11.3. The molecule has 1 unspecified atom stereocenters. The van der Waals surface area contributed by atoms with Gasteiger partial charge in [0.1, 0.15) is 11.0 Å². The molecule has 0 bridgehead atoms. The van der Waals surface area contributed by atoms with Crippen molar-refractivity contribution >= 4 is 57.7 Å². The topological polar surface area (TPSA) is 155 Å². The smallest absolute Gasteiger partial charge is 0.336 e. The molecule has 1 heterocycles. The monoisotopic (exact) mass is 653 g/mol. The van der Waals surface area contributed by atoms with Crippen molar-refractivity contribution in [3.8, 4) is 17.0 Å². The SMILES string of the molecule is CCOc1ccc(-c2csc(NC(=O)C(Sc3cccc(NC(=O)c4ccc(C(=O)O)cc4C(=O)O)c3)c3ccccc3)n2)cc1. The Hall–Kier alpha value is -5.46. The number of amides is 2. The summed E-state index contributed by atoms with van der Waals surface area (Å²) in [5, 5.41) is 26.0. The Labute approximate surface area is 272 Å². The van der Waals surface area contributed by atoms with Gasteiger partial charge in [-0.15, -0.1) is 23.1 Å². The summed E-state index contributed by atoms with van der Waals surface area (Å²) in [5.74, 6) is -2.98. The van der Waals surface area contributed by atoms with Crippen molar-refractivity contribution in [1.29, 1.82) is 0 Å². The van der Waals surface area contributed by atoms with Crippen LogP contribution in [0.4, 0.5) is 10.8 Å². The first-order valence-corrected chi connectivity index (χ1v) is 15.7. The summed E-state index contributed by atoms with van der Waals surface area (Å²) in [7, 11) is 0. The van der Waals surface area contributed by atoms with E-state index in [1.54, 1.807) is 24.3 Å². The minimum absolute atomic E-state index is 0.190. The number of ether oxygens (including phenoxy) is 1. The van der Waals surface area contributed by atoms with Crippen LogP contribution in [0, 0.1) is 0 Å². The number of hydrogen-bond donors (Lipinski definition) is 4. The molecule has 0 radical (unpaired) electrons. The number of thiazole rings is 1. The second-order valence-electron chi connectivity index (χ2n) is 9.75. The van der Waals surface area contributed by atoms with Gasteiger partial charge in [0.25, 0.3) is 5.91 Å². The lowest BCUT2D eigenvalue weighted by Gasteiger charge is -2.17. The fourth-order valence-corrected chi connectivity index (χ4v) is 6.26.